The maximum Gasteiger partial charge on any atom is 0.300 e. The van der Waals surface area contributed by atoms with Crippen molar-refractivity contribution in [3.05, 3.63) is 53.8 Å². The van der Waals surface area contributed by atoms with E-state index < -0.39 is 5.82 Å². The van der Waals surface area contributed by atoms with Gasteiger partial charge in [-0.3, -0.25) is 4.79 Å². The zero-order valence-electron chi connectivity index (χ0n) is 13.0. The van der Waals surface area contributed by atoms with Gasteiger partial charge < -0.3 is 9.73 Å². The third kappa shape index (κ3) is 3.23. The summed E-state index contributed by atoms with van der Waals surface area (Å²) < 4.78 is 20.0. The topological polar surface area (TPSA) is 55.1 Å². The van der Waals surface area contributed by atoms with Crippen LogP contribution < -0.4 is 5.32 Å². The van der Waals surface area contributed by atoms with E-state index in [4.69, 9.17) is 4.42 Å². The van der Waals surface area contributed by atoms with Crippen LogP contribution in [-0.2, 0) is 11.2 Å². The molecule has 0 amide bonds. The molecule has 0 unspecified atom stereocenters. The number of carbonyl (C=O) groups excluding carboxylic acids is 1. The second-order valence-corrected chi connectivity index (χ2v) is 5.69. The molecule has 0 atom stereocenters. The molecular formula is C18H17FN2O2. The van der Waals surface area contributed by atoms with Crippen LogP contribution in [0.3, 0.4) is 0 Å². The Hall–Kier alpha value is -2.69. The number of nitrogens with zero attached hydrogens (tertiary/aromatic N) is 1. The highest BCUT2D eigenvalue weighted by Crippen LogP contribution is 2.26. The molecule has 3 aromatic rings. The third-order valence-corrected chi connectivity index (χ3v) is 3.61. The molecule has 5 heteroatoms. The van der Waals surface area contributed by atoms with Crippen LogP contribution in [0.2, 0.25) is 0 Å². The van der Waals surface area contributed by atoms with Gasteiger partial charge in [0.1, 0.15) is 11.3 Å². The van der Waals surface area contributed by atoms with Gasteiger partial charge in [0.2, 0.25) is 0 Å². The third-order valence-electron chi connectivity index (χ3n) is 3.61. The summed E-state index contributed by atoms with van der Waals surface area (Å²) in [5.74, 6) is -0.661. The van der Waals surface area contributed by atoms with Crippen molar-refractivity contribution in [2.45, 2.75) is 20.3 Å². The number of para-hydroxylation sites is 1. The fourth-order valence-electron chi connectivity index (χ4n) is 2.23. The van der Waals surface area contributed by atoms with Gasteiger partial charge in [0.25, 0.3) is 6.01 Å². The summed E-state index contributed by atoms with van der Waals surface area (Å²) in [5.41, 5.74) is 1.62. The maximum atomic E-state index is 14.5. The number of anilines is 2. The highest BCUT2D eigenvalue weighted by Gasteiger charge is 2.17. The molecule has 1 heterocycles. The van der Waals surface area contributed by atoms with E-state index in [9.17, 15) is 9.18 Å². The number of benzene rings is 2. The summed E-state index contributed by atoms with van der Waals surface area (Å²) >= 11 is 0. The number of hydrogen-bond donors (Lipinski definition) is 1. The van der Waals surface area contributed by atoms with E-state index in [0.717, 1.165) is 5.69 Å². The van der Waals surface area contributed by atoms with Crippen molar-refractivity contribution in [3.8, 4) is 0 Å². The van der Waals surface area contributed by atoms with E-state index in [0.29, 0.717) is 11.1 Å². The van der Waals surface area contributed by atoms with Crippen LogP contribution in [-0.4, -0.2) is 10.8 Å². The summed E-state index contributed by atoms with van der Waals surface area (Å²) in [6, 6.07) is 12.8. The Labute approximate surface area is 133 Å². The normalized spacial score (nSPS) is 11.1. The summed E-state index contributed by atoms with van der Waals surface area (Å²) in [5, 5.41) is 2.99. The van der Waals surface area contributed by atoms with Crippen LogP contribution in [0, 0.1) is 11.7 Å². The lowest BCUT2D eigenvalue weighted by Gasteiger charge is -2.05. The van der Waals surface area contributed by atoms with Crippen molar-refractivity contribution >= 4 is 28.6 Å². The predicted octanol–water partition coefficient (Wildman–Crippen LogP) is 4.48. The summed E-state index contributed by atoms with van der Waals surface area (Å²) in [6.07, 6.45) is 0.0571. The molecule has 3 rings (SSSR count). The van der Waals surface area contributed by atoms with E-state index in [-0.39, 0.29) is 29.7 Å². The Kier molecular flexibility index (Phi) is 4.10. The van der Waals surface area contributed by atoms with Crippen molar-refractivity contribution in [2.24, 2.45) is 5.92 Å². The fraction of sp³-hybridized carbons (Fsp3) is 0.222. The summed E-state index contributed by atoms with van der Waals surface area (Å²) in [7, 11) is 0. The standard InChI is InChI=1S/C18H17FN2O2/c1-11(2)15(22)10-12-8-9-14-17(16(12)19)23-18(21-14)20-13-6-4-3-5-7-13/h3-9,11H,10H2,1-2H3,(H,20,21). The fourth-order valence-corrected chi connectivity index (χ4v) is 2.23. The highest BCUT2D eigenvalue weighted by atomic mass is 19.1. The van der Waals surface area contributed by atoms with E-state index >= 15 is 0 Å². The number of rotatable bonds is 5. The Morgan fingerprint density at radius 2 is 1.96 bits per heavy atom. The minimum absolute atomic E-state index is 0.00889. The number of Topliss-reactive ketones (excluding diaryl/α,β-unsaturated/α-hetero) is 1. The molecule has 0 spiro atoms. The molecule has 0 bridgehead atoms. The second kappa shape index (κ2) is 6.20. The number of aromatic nitrogens is 1. The number of oxazole rings is 1. The van der Waals surface area contributed by atoms with Gasteiger partial charge in [0, 0.05) is 18.0 Å². The quantitative estimate of drug-likeness (QED) is 0.755. The number of halogens is 1. The first-order chi connectivity index (χ1) is 11.0. The number of nitrogens with one attached hydrogen (secondary N) is 1. The molecule has 23 heavy (non-hydrogen) atoms. The molecule has 1 aromatic heterocycles. The Morgan fingerprint density at radius 1 is 1.22 bits per heavy atom. The lowest BCUT2D eigenvalue weighted by atomic mass is 10.0. The smallest absolute Gasteiger partial charge is 0.300 e. The zero-order valence-corrected chi connectivity index (χ0v) is 13.0. The first-order valence-corrected chi connectivity index (χ1v) is 7.47. The molecule has 0 fully saturated rings. The summed E-state index contributed by atoms with van der Waals surface area (Å²) in [6.45, 7) is 3.60. The van der Waals surface area contributed by atoms with Crippen molar-refractivity contribution in [1.82, 2.24) is 4.98 Å². The lowest BCUT2D eigenvalue weighted by molar-refractivity contribution is -0.121. The minimum Gasteiger partial charge on any atom is -0.420 e. The monoisotopic (exact) mass is 312 g/mol. The van der Waals surface area contributed by atoms with Crippen molar-refractivity contribution < 1.29 is 13.6 Å². The van der Waals surface area contributed by atoms with E-state index in [2.05, 4.69) is 10.3 Å². The number of ketones is 1. The predicted molar refractivity (Wildman–Crippen MR) is 87.2 cm³/mol. The Morgan fingerprint density at radius 3 is 2.65 bits per heavy atom. The van der Waals surface area contributed by atoms with E-state index in [1.807, 2.05) is 30.3 Å². The van der Waals surface area contributed by atoms with Crippen LogP contribution in [0.15, 0.2) is 46.9 Å². The average molecular weight is 312 g/mol. The van der Waals surface area contributed by atoms with Gasteiger partial charge in [-0.1, -0.05) is 38.1 Å². The van der Waals surface area contributed by atoms with Gasteiger partial charge in [-0.05, 0) is 23.8 Å². The number of fused-ring (bicyclic) bond motifs is 1. The molecule has 4 nitrogen and oxygen atoms in total. The van der Waals surface area contributed by atoms with Gasteiger partial charge in [-0.15, -0.1) is 0 Å². The van der Waals surface area contributed by atoms with Gasteiger partial charge in [-0.2, -0.15) is 4.98 Å². The molecule has 0 saturated heterocycles. The highest BCUT2D eigenvalue weighted by molar-refractivity contribution is 5.84. The lowest BCUT2D eigenvalue weighted by Crippen LogP contribution is -2.11. The Balaban J connectivity index is 1.91. The molecule has 2 aromatic carbocycles. The first kappa shape index (κ1) is 15.2. The van der Waals surface area contributed by atoms with Crippen molar-refractivity contribution in [1.29, 1.82) is 0 Å². The average Bonchev–Trinajstić information content (AvgIpc) is 2.94. The van der Waals surface area contributed by atoms with Crippen LogP contribution in [0.4, 0.5) is 16.1 Å². The van der Waals surface area contributed by atoms with Gasteiger partial charge in [0.05, 0.1) is 0 Å². The van der Waals surface area contributed by atoms with Gasteiger partial charge >= 0.3 is 0 Å². The molecule has 0 radical (unpaired) electrons. The largest absolute Gasteiger partial charge is 0.420 e. The first-order valence-electron chi connectivity index (χ1n) is 7.47. The Bertz CT molecular complexity index is 841. The molecule has 0 aliphatic carbocycles. The van der Waals surface area contributed by atoms with Gasteiger partial charge in [0.15, 0.2) is 11.4 Å². The molecule has 0 aliphatic rings. The minimum atomic E-state index is -0.523. The summed E-state index contributed by atoms with van der Waals surface area (Å²) in [4.78, 5) is 16.0. The number of hydrogen-bond acceptors (Lipinski definition) is 4. The number of carbonyl (C=O) groups is 1. The molecule has 0 saturated carbocycles. The second-order valence-electron chi connectivity index (χ2n) is 5.69. The molecule has 118 valence electrons. The van der Waals surface area contributed by atoms with Crippen LogP contribution >= 0.6 is 0 Å². The van der Waals surface area contributed by atoms with Gasteiger partial charge in [-0.25, -0.2) is 4.39 Å². The van der Waals surface area contributed by atoms with Crippen LogP contribution in [0.25, 0.3) is 11.1 Å². The van der Waals surface area contributed by atoms with Crippen molar-refractivity contribution in [3.63, 3.8) is 0 Å². The van der Waals surface area contributed by atoms with E-state index in [1.54, 1.807) is 26.0 Å². The molecular weight excluding hydrogens is 295 g/mol. The molecule has 0 aliphatic heterocycles. The van der Waals surface area contributed by atoms with Crippen LogP contribution in [0.1, 0.15) is 19.4 Å². The van der Waals surface area contributed by atoms with Crippen molar-refractivity contribution in [2.75, 3.05) is 5.32 Å². The van der Waals surface area contributed by atoms with E-state index in [1.165, 1.54) is 0 Å². The molecule has 1 N–H and O–H groups in total. The SMILES string of the molecule is CC(C)C(=O)Cc1ccc2nc(Nc3ccccc3)oc2c1F. The maximum absolute atomic E-state index is 14.5. The van der Waals surface area contributed by atoms with Crippen LogP contribution in [0.5, 0.6) is 0 Å². The zero-order chi connectivity index (χ0) is 16.4.